The molecule has 2 aliphatic rings. The molecule has 0 N–H and O–H groups in total. The van der Waals surface area contributed by atoms with Crippen LogP contribution in [0.25, 0.3) is 10.8 Å². The fraction of sp³-hybridized carbons (Fsp3) is 0.550. The zero-order valence-corrected chi connectivity index (χ0v) is 14.8. The van der Waals surface area contributed by atoms with Gasteiger partial charge < -0.3 is 4.90 Å². The summed E-state index contributed by atoms with van der Waals surface area (Å²) in [5.41, 5.74) is 0.586. The van der Waals surface area contributed by atoms with Crippen molar-refractivity contribution in [2.75, 3.05) is 13.1 Å². The zero-order valence-electron chi connectivity index (χ0n) is 14.8. The molecule has 1 aromatic carbocycles. The Morgan fingerprint density at radius 1 is 1.12 bits per heavy atom. The van der Waals surface area contributed by atoms with Gasteiger partial charge in [0.1, 0.15) is 0 Å². The van der Waals surface area contributed by atoms with Crippen molar-refractivity contribution < 1.29 is 4.79 Å². The van der Waals surface area contributed by atoms with Crippen LogP contribution in [0.4, 0.5) is 0 Å². The second-order valence-corrected chi connectivity index (χ2v) is 7.53. The average molecular weight is 339 g/mol. The van der Waals surface area contributed by atoms with Gasteiger partial charge in [-0.25, -0.2) is 4.68 Å². The van der Waals surface area contributed by atoms with Crippen LogP contribution < -0.4 is 5.56 Å². The van der Waals surface area contributed by atoms with Crippen molar-refractivity contribution in [3.8, 4) is 0 Å². The minimum atomic E-state index is -0.116. The Bertz CT molecular complexity index is 858. The van der Waals surface area contributed by atoms with Crippen LogP contribution in [-0.4, -0.2) is 33.7 Å². The summed E-state index contributed by atoms with van der Waals surface area (Å²) in [7, 11) is 1.65. The van der Waals surface area contributed by atoms with Crippen molar-refractivity contribution in [3.63, 3.8) is 0 Å². The second-order valence-electron chi connectivity index (χ2n) is 7.53. The summed E-state index contributed by atoms with van der Waals surface area (Å²) >= 11 is 0. The first kappa shape index (κ1) is 16.3. The maximum absolute atomic E-state index is 12.9. The molecule has 0 unspecified atom stereocenters. The molecule has 2 fully saturated rings. The van der Waals surface area contributed by atoms with Gasteiger partial charge in [-0.15, -0.1) is 0 Å². The highest BCUT2D eigenvalue weighted by Crippen LogP contribution is 2.36. The van der Waals surface area contributed by atoms with Gasteiger partial charge in [0.25, 0.3) is 5.56 Å². The van der Waals surface area contributed by atoms with E-state index >= 15 is 0 Å². The number of rotatable bonds is 2. The standard InChI is InChI=1S/C20H25N3O2/c1-22-20(25)17-9-5-4-8-16(17)18(21-22)12-19(24)23-11-10-14-6-2-3-7-15(14)13-23/h4-5,8-9,14-15H,2-3,6-7,10-13H2,1H3/t14-,15+/m1/s1. The third-order valence-electron chi connectivity index (χ3n) is 6.00. The number of hydrogen-bond donors (Lipinski definition) is 0. The summed E-state index contributed by atoms with van der Waals surface area (Å²) in [6, 6.07) is 7.44. The number of aromatic nitrogens is 2. The number of aryl methyl sites for hydroxylation is 1. The van der Waals surface area contributed by atoms with Gasteiger partial charge in [0.05, 0.1) is 17.5 Å². The zero-order chi connectivity index (χ0) is 17.4. The summed E-state index contributed by atoms with van der Waals surface area (Å²) in [6.07, 6.45) is 6.65. The van der Waals surface area contributed by atoms with Gasteiger partial charge in [-0.05, 0) is 30.7 Å². The second kappa shape index (κ2) is 6.62. The summed E-state index contributed by atoms with van der Waals surface area (Å²) < 4.78 is 1.35. The normalized spacial score (nSPS) is 23.5. The van der Waals surface area contributed by atoms with Gasteiger partial charge in [0.2, 0.25) is 5.91 Å². The van der Waals surface area contributed by atoms with Gasteiger partial charge >= 0.3 is 0 Å². The Morgan fingerprint density at radius 3 is 2.64 bits per heavy atom. The van der Waals surface area contributed by atoms with Crippen LogP contribution in [0.5, 0.6) is 0 Å². The van der Waals surface area contributed by atoms with Crippen molar-refractivity contribution >= 4 is 16.7 Å². The Hall–Kier alpha value is -2.17. The molecule has 4 rings (SSSR count). The van der Waals surface area contributed by atoms with Gasteiger partial charge in [0, 0.05) is 25.5 Å². The molecule has 5 heteroatoms. The first-order valence-corrected chi connectivity index (χ1v) is 9.36. The van der Waals surface area contributed by atoms with E-state index in [1.807, 2.05) is 23.1 Å². The SMILES string of the molecule is Cn1nc(CC(=O)N2CC[C@H]3CCCC[C@H]3C2)c2ccccc2c1=O. The number of amides is 1. The lowest BCUT2D eigenvalue weighted by Crippen LogP contribution is -2.45. The molecule has 0 radical (unpaired) electrons. The molecule has 2 heterocycles. The van der Waals surface area contributed by atoms with E-state index in [0.717, 1.165) is 30.8 Å². The summed E-state index contributed by atoms with van der Waals surface area (Å²) in [6.45, 7) is 1.76. The van der Waals surface area contributed by atoms with Crippen LogP contribution in [0.1, 0.15) is 37.8 Å². The van der Waals surface area contributed by atoms with E-state index in [-0.39, 0.29) is 17.9 Å². The molecule has 1 amide bonds. The van der Waals surface area contributed by atoms with Crippen LogP contribution in [0.2, 0.25) is 0 Å². The highest BCUT2D eigenvalue weighted by molar-refractivity contribution is 5.88. The molecule has 1 saturated carbocycles. The Balaban J connectivity index is 1.56. The topological polar surface area (TPSA) is 55.2 Å². The highest BCUT2D eigenvalue weighted by atomic mass is 16.2. The number of piperidine rings is 1. The first-order valence-electron chi connectivity index (χ1n) is 9.36. The molecule has 1 aliphatic carbocycles. The number of fused-ring (bicyclic) bond motifs is 2. The highest BCUT2D eigenvalue weighted by Gasteiger charge is 2.33. The van der Waals surface area contributed by atoms with Crippen molar-refractivity contribution in [1.29, 1.82) is 0 Å². The van der Waals surface area contributed by atoms with Crippen molar-refractivity contribution in [3.05, 3.63) is 40.3 Å². The maximum Gasteiger partial charge on any atom is 0.274 e. The lowest BCUT2D eigenvalue weighted by molar-refractivity contribution is -0.133. The van der Waals surface area contributed by atoms with E-state index in [2.05, 4.69) is 5.10 Å². The fourth-order valence-corrected chi connectivity index (χ4v) is 4.59. The third kappa shape index (κ3) is 3.08. The first-order chi connectivity index (χ1) is 12.1. The number of carbonyl (C=O) groups is 1. The van der Waals surface area contributed by atoms with Crippen LogP contribution in [0.15, 0.2) is 29.1 Å². The molecule has 5 nitrogen and oxygen atoms in total. The van der Waals surface area contributed by atoms with Crippen LogP contribution in [0, 0.1) is 11.8 Å². The molecule has 25 heavy (non-hydrogen) atoms. The maximum atomic E-state index is 12.9. The smallest absolute Gasteiger partial charge is 0.274 e. The van der Waals surface area contributed by atoms with E-state index in [9.17, 15) is 9.59 Å². The van der Waals surface area contributed by atoms with E-state index < -0.39 is 0 Å². The van der Waals surface area contributed by atoms with E-state index in [4.69, 9.17) is 0 Å². The van der Waals surface area contributed by atoms with E-state index in [1.165, 1.54) is 30.4 Å². The fourth-order valence-electron chi connectivity index (χ4n) is 4.59. The lowest BCUT2D eigenvalue weighted by Gasteiger charge is -2.41. The van der Waals surface area contributed by atoms with Crippen LogP contribution in [0.3, 0.4) is 0 Å². The Morgan fingerprint density at radius 2 is 1.84 bits per heavy atom. The van der Waals surface area contributed by atoms with E-state index in [0.29, 0.717) is 17.0 Å². The Kier molecular flexibility index (Phi) is 4.32. The van der Waals surface area contributed by atoms with Gasteiger partial charge in [-0.3, -0.25) is 9.59 Å². The van der Waals surface area contributed by atoms with E-state index in [1.54, 1.807) is 13.1 Å². The molecule has 1 aromatic heterocycles. The monoisotopic (exact) mass is 339 g/mol. The number of hydrogen-bond acceptors (Lipinski definition) is 3. The predicted octanol–water partition coefficient (Wildman–Crippen LogP) is 2.51. The molecule has 1 saturated heterocycles. The third-order valence-corrected chi connectivity index (χ3v) is 6.00. The molecule has 0 bridgehead atoms. The number of likely N-dealkylation sites (tertiary alicyclic amines) is 1. The van der Waals surface area contributed by atoms with Gasteiger partial charge in [-0.1, -0.05) is 37.5 Å². The molecule has 132 valence electrons. The minimum Gasteiger partial charge on any atom is -0.342 e. The predicted molar refractivity (Wildman–Crippen MR) is 97.3 cm³/mol. The largest absolute Gasteiger partial charge is 0.342 e. The molecular weight excluding hydrogens is 314 g/mol. The summed E-state index contributed by atoms with van der Waals surface area (Å²) in [5, 5.41) is 5.80. The summed E-state index contributed by atoms with van der Waals surface area (Å²) in [4.78, 5) is 27.1. The molecule has 0 spiro atoms. The number of benzene rings is 1. The number of carbonyl (C=O) groups excluding carboxylic acids is 1. The number of nitrogens with zero attached hydrogens (tertiary/aromatic N) is 3. The van der Waals surface area contributed by atoms with Gasteiger partial charge in [-0.2, -0.15) is 5.10 Å². The molecule has 2 aromatic rings. The van der Waals surface area contributed by atoms with Crippen molar-refractivity contribution in [2.45, 2.75) is 38.5 Å². The average Bonchev–Trinajstić information content (AvgIpc) is 2.65. The Labute approximate surface area is 147 Å². The molecule has 2 atom stereocenters. The molecule has 1 aliphatic heterocycles. The quantitative estimate of drug-likeness (QED) is 0.845. The van der Waals surface area contributed by atoms with Crippen LogP contribution >= 0.6 is 0 Å². The molecular formula is C20H25N3O2. The van der Waals surface area contributed by atoms with Crippen molar-refractivity contribution in [2.24, 2.45) is 18.9 Å². The minimum absolute atomic E-state index is 0.116. The van der Waals surface area contributed by atoms with Gasteiger partial charge in [0.15, 0.2) is 0 Å². The van der Waals surface area contributed by atoms with Crippen molar-refractivity contribution in [1.82, 2.24) is 14.7 Å². The lowest BCUT2D eigenvalue weighted by atomic mass is 9.75. The van der Waals surface area contributed by atoms with Crippen LogP contribution in [-0.2, 0) is 18.3 Å². The summed E-state index contributed by atoms with van der Waals surface area (Å²) in [5.74, 6) is 1.63.